The third-order valence-electron chi connectivity index (χ3n) is 3.40. The molecular weight excluding hydrogens is 265 g/mol. The molecule has 0 aliphatic carbocycles. The first kappa shape index (κ1) is 13.6. The van der Waals surface area contributed by atoms with Crippen LogP contribution in [0.3, 0.4) is 0 Å². The van der Waals surface area contributed by atoms with Gasteiger partial charge in [0.15, 0.2) is 0 Å². The molecule has 0 aromatic heterocycles. The molecule has 3 heteroatoms. The predicted octanol–water partition coefficient (Wildman–Crippen LogP) is 4.02. The summed E-state index contributed by atoms with van der Waals surface area (Å²) in [6.45, 7) is 0.637. The molecule has 0 spiro atoms. The van der Waals surface area contributed by atoms with Crippen molar-refractivity contribution in [2.75, 3.05) is 0 Å². The van der Waals surface area contributed by atoms with Gasteiger partial charge in [0.05, 0.1) is 0 Å². The quantitative estimate of drug-likeness (QED) is 0.784. The molecule has 2 nitrogen and oxygen atoms in total. The van der Waals surface area contributed by atoms with Gasteiger partial charge in [-0.2, -0.15) is 0 Å². The highest BCUT2D eigenvalue weighted by atomic mass is 19.1. The standard InChI is InChI=1S/C18H16FNO/c19-16-9-13(11-20)8-14(10-16)12-21-18-7-3-5-15-4-1-2-6-17(15)18/h1-10H,11-12,20H2. The van der Waals surface area contributed by atoms with Crippen LogP contribution in [0.5, 0.6) is 5.75 Å². The minimum absolute atomic E-state index is 0.283. The van der Waals surface area contributed by atoms with Crippen LogP contribution in [-0.4, -0.2) is 0 Å². The summed E-state index contributed by atoms with van der Waals surface area (Å²) in [4.78, 5) is 0. The first-order valence-electron chi connectivity index (χ1n) is 6.85. The molecule has 3 aromatic rings. The van der Waals surface area contributed by atoms with Crippen molar-refractivity contribution >= 4 is 10.8 Å². The van der Waals surface area contributed by atoms with Gasteiger partial charge in [-0.05, 0) is 34.7 Å². The minimum atomic E-state index is -0.283. The molecule has 0 bridgehead atoms. The predicted molar refractivity (Wildman–Crippen MR) is 82.6 cm³/mol. The Morgan fingerprint density at radius 1 is 0.905 bits per heavy atom. The van der Waals surface area contributed by atoms with Crippen molar-refractivity contribution in [3.63, 3.8) is 0 Å². The molecule has 0 unspecified atom stereocenters. The van der Waals surface area contributed by atoms with Crippen molar-refractivity contribution < 1.29 is 9.13 Å². The Morgan fingerprint density at radius 2 is 1.67 bits per heavy atom. The molecule has 106 valence electrons. The van der Waals surface area contributed by atoms with Gasteiger partial charge in [0.2, 0.25) is 0 Å². The van der Waals surface area contributed by atoms with Gasteiger partial charge in [0.1, 0.15) is 18.2 Å². The second-order valence-corrected chi connectivity index (χ2v) is 4.94. The van der Waals surface area contributed by atoms with Gasteiger partial charge in [-0.3, -0.25) is 0 Å². The van der Waals surface area contributed by atoms with E-state index in [9.17, 15) is 4.39 Å². The second-order valence-electron chi connectivity index (χ2n) is 4.94. The Labute approximate surface area is 123 Å². The topological polar surface area (TPSA) is 35.2 Å². The molecule has 3 aromatic carbocycles. The van der Waals surface area contributed by atoms with Gasteiger partial charge >= 0.3 is 0 Å². The fraction of sp³-hybridized carbons (Fsp3) is 0.111. The minimum Gasteiger partial charge on any atom is -0.488 e. The summed E-state index contributed by atoms with van der Waals surface area (Å²) in [5, 5.41) is 2.17. The Bertz CT molecular complexity index is 765. The molecule has 0 fully saturated rings. The van der Waals surface area contributed by atoms with E-state index < -0.39 is 0 Å². The monoisotopic (exact) mass is 281 g/mol. The van der Waals surface area contributed by atoms with Crippen LogP contribution < -0.4 is 10.5 Å². The summed E-state index contributed by atoms with van der Waals surface area (Å²) in [7, 11) is 0. The van der Waals surface area contributed by atoms with Crippen molar-refractivity contribution in [1.29, 1.82) is 0 Å². The zero-order valence-corrected chi connectivity index (χ0v) is 11.6. The van der Waals surface area contributed by atoms with Crippen LogP contribution in [0, 0.1) is 5.82 Å². The fourth-order valence-electron chi connectivity index (χ4n) is 2.40. The van der Waals surface area contributed by atoms with Crippen molar-refractivity contribution in [3.8, 4) is 5.75 Å². The maximum absolute atomic E-state index is 13.5. The number of hydrogen-bond acceptors (Lipinski definition) is 2. The van der Waals surface area contributed by atoms with Crippen LogP contribution in [0.4, 0.5) is 4.39 Å². The highest BCUT2D eigenvalue weighted by Crippen LogP contribution is 2.26. The van der Waals surface area contributed by atoms with Crippen molar-refractivity contribution in [2.45, 2.75) is 13.2 Å². The largest absolute Gasteiger partial charge is 0.488 e. The number of hydrogen-bond donors (Lipinski definition) is 1. The molecule has 2 N–H and O–H groups in total. The first-order chi connectivity index (χ1) is 10.3. The van der Waals surface area contributed by atoms with Gasteiger partial charge in [0, 0.05) is 11.9 Å². The number of ether oxygens (including phenoxy) is 1. The zero-order chi connectivity index (χ0) is 14.7. The smallest absolute Gasteiger partial charge is 0.127 e. The van der Waals surface area contributed by atoms with E-state index in [4.69, 9.17) is 10.5 Å². The maximum atomic E-state index is 13.5. The van der Waals surface area contributed by atoms with E-state index in [0.29, 0.717) is 13.2 Å². The van der Waals surface area contributed by atoms with Crippen molar-refractivity contribution in [3.05, 3.63) is 77.6 Å². The summed E-state index contributed by atoms with van der Waals surface area (Å²) in [6, 6.07) is 18.7. The number of benzene rings is 3. The summed E-state index contributed by atoms with van der Waals surface area (Å²) in [5.41, 5.74) is 7.11. The van der Waals surface area contributed by atoms with Gasteiger partial charge in [-0.1, -0.05) is 42.5 Å². The Hall–Kier alpha value is -2.39. The lowest BCUT2D eigenvalue weighted by atomic mass is 10.1. The van der Waals surface area contributed by atoms with Gasteiger partial charge < -0.3 is 10.5 Å². The highest BCUT2D eigenvalue weighted by Gasteiger charge is 2.04. The summed E-state index contributed by atoms with van der Waals surface area (Å²) in [5.74, 6) is 0.515. The number of nitrogens with two attached hydrogens (primary N) is 1. The van der Waals surface area contributed by atoms with E-state index in [-0.39, 0.29) is 5.82 Å². The van der Waals surface area contributed by atoms with E-state index in [1.165, 1.54) is 12.1 Å². The zero-order valence-electron chi connectivity index (χ0n) is 11.6. The summed E-state index contributed by atoms with van der Waals surface area (Å²) in [6.07, 6.45) is 0. The lowest BCUT2D eigenvalue weighted by Crippen LogP contribution is -2.01. The maximum Gasteiger partial charge on any atom is 0.127 e. The Kier molecular flexibility index (Phi) is 3.84. The molecule has 0 saturated heterocycles. The van der Waals surface area contributed by atoms with E-state index >= 15 is 0 Å². The van der Waals surface area contributed by atoms with E-state index in [1.807, 2.05) is 48.5 Å². The highest BCUT2D eigenvalue weighted by molar-refractivity contribution is 5.88. The van der Waals surface area contributed by atoms with E-state index in [1.54, 1.807) is 0 Å². The molecule has 0 heterocycles. The van der Waals surface area contributed by atoms with Gasteiger partial charge in [-0.15, -0.1) is 0 Å². The van der Waals surface area contributed by atoms with E-state index in [2.05, 4.69) is 0 Å². The van der Waals surface area contributed by atoms with Gasteiger partial charge in [0.25, 0.3) is 0 Å². The Balaban J connectivity index is 1.85. The second kappa shape index (κ2) is 5.94. The fourth-order valence-corrected chi connectivity index (χ4v) is 2.40. The van der Waals surface area contributed by atoms with Crippen LogP contribution in [0.2, 0.25) is 0 Å². The summed E-state index contributed by atoms with van der Waals surface area (Å²) < 4.78 is 19.3. The molecular formula is C18H16FNO. The molecule has 21 heavy (non-hydrogen) atoms. The average Bonchev–Trinajstić information content (AvgIpc) is 2.52. The third kappa shape index (κ3) is 3.03. The number of fused-ring (bicyclic) bond motifs is 1. The van der Waals surface area contributed by atoms with Crippen LogP contribution in [0.25, 0.3) is 10.8 Å². The third-order valence-corrected chi connectivity index (χ3v) is 3.40. The van der Waals surface area contributed by atoms with Crippen LogP contribution >= 0.6 is 0 Å². The lowest BCUT2D eigenvalue weighted by Gasteiger charge is -2.10. The molecule has 0 aliphatic heterocycles. The normalized spacial score (nSPS) is 10.8. The van der Waals surface area contributed by atoms with E-state index in [0.717, 1.165) is 27.6 Å². The van der Waals surface area contributed by atoms with Crippen molar-refractivity contribution in [1.82, 2.24) is 0 Å². The number of halogens is 1. The molecule has 0 radical (unpaired) electrons. The van der Waals surface area contributed by atoms with Crippen molar-refractivity contribution in [2.24, 2.45) is 5.73 Å². The van der Waals surface area contributed by atoms with Crippen LogP contribution in [-0.2, 0) is 13.2 Å². The number of rotatable bonds is 4. The lowest BCUT2D eigenvalue weighted by molar-refractivity contribution is 0.309. The molecule has 0 saturated carbocycles. The molecule has 0 amide bonds. The Morgan fingerprint density at radius 3 is 2.52 bits per heavy atom. The molecule has 0 atom stereocenters. The van der Waals surface area contributed by atoms with Crippen LogP contribution in [0.1, 0.15) is 11.1 Å². The van der Waals surface area contributed by atoms with Crippen LogP contribution in [0.15, 0.2) is 60.7 Å². The summed E-state index contributed by atoms with van der Waals surface area (Å²) >= 11 is 0. The SMILES string of the molecule is NCc1cc(F)cc(COc2cccc3ccccc23)c1. The molecule has 3 rings (SSSR count). The first-order valence-corrected chi connectivity index (χ1v) is 6.85. The van der Waals surface area contributed by atoms with Gasteiger partial charge in [-0.25, -0.2) is 4.39 Å². The average molecular weight is 281 g/mol. The molecule has 0 aliphatic rings.